The van der Waals surface area contributed by atoms with Crippen LogP contribution >= 0.6 is 0 Å². The van der Waals surface area contributed by atoms with Gasteiger partial charge in [0.2, 0.25) is 0 Å². The van der Waals surface area contributed by atoms with E-state index in [9.17, 15) is 0 Å². The summed E-state index contributed by atoms with van der Waals surface area (Å²) in [5.74, 6) is 6.64. The molecule has 0 unspecified atom stereocenters. The molecule has 0 saturated heterocycles. The summed E-state index contributed by atoms with van der Waals surface area (Å²) in [6.07, 6.45) is 1.96. The zero-order chi connectivity index (χ0) is 17.2. The molecule has 0 aliphatic carbocycles. The highest BCUT2D eigenvalue weighted by Crippen LogP contribution is 2.25. The molecule has 0 aliphatic rings. The van der Waals surface area contributed by atoms with Crippen molar-refractivity contribution in [3.63, 3.8) is 0 Å². The van der Waals surface area contributed by atoms with Gasteiger partial charge in [-0.15, -0.1) is 0 Å². The van der Waals surface area contributed by atoms with E-state index < -0.39 is 0 Å². The van der Waals surface area contributed by atoms with Crippen molar-refractivity contribution in [2.45, 2.75) is 13.8 Å². The topological polar surface area (TPSA) is 17.3 Å². The summed E-state index contributed by atoms with van der Waals surface area (Å²) < 4.78 is 1.90. The molecule has 0 atom stereocenters. The molecule has 2 aromatic heterocycles. The van der Waals surface area contributed by atoms with Crippen LogP contribution in [-0.2, 0) is 0 Å². The lowest BCUT2D eigenvalue weighted by Crippen LogP contribution is -1.85. The first kappa shape index (κ1) is 15.2. The Labute approximate surface area is 147 Å². The van der Waals surface area contributed by atoms with Gasteiger partial charge in [0.25, 0.3) is 0 Å². The van der Waals surface area contributed by atoms with Crippen LogP contribution in [0.1, 0.15) is 22.3 Å². The van der Waals surface area contributed by atoms with E-state index in [0.717, 1.165) is 27.9 Å². The van der Waals surface area contributed by atoms with Crippen LogP contribution in [0.3, 0.4) is 0 Å². The number of fused-ring (bicyclic) bond motifs is 1. The maximum Gasteiger partial charge on any atom is 0.109 e. The Morgan fingerprint density at radius 3 is 2.16 bits per heavy atom. The van der Waals surface area contributed by atoms with E-state index in [2.05, 4.69) is 80.3 Å². The van der Waals surface area contributed by atoms with Gasteiger partial charge < -0.3 is 0 Å². The summed E-state index contributed by atoms with van der Waals surface area (Å²) in [4.78, 5) is 0. The normalized spacial score (nSPS) is 10.5. The predicted molar refractivity (Wildman–Crippen MR) is 103 cm³/mol. The van der Waals surface area contributed by atoms with Gasteiger partial charge in [0, 0.05) is 17.3 Å². The lowest BCUT2D eigenvalue weighted by atomic mass is 10.0. The molecule has 0 spiro atoms. The van der Waals surface area contributed by atoms with Crippen molar-refractivity contribution in [3.8, 4) is 23.1 Å². The Morgan fingerprint density at radius 2 is 1.44 bits per heavy atom. The molecule has 2 aromatic carbocycles. The third-order valence-corrected chi connectivity index (χ3v) is 4.25. The maximum absolute atomic E-state index is 4.75. The SMILES string of the molecule is Cc1ccc(C#Cc2c(-c3ccc(C)cc3)nn3ccccc23)cc1. The van der Waals surface area contributed by atoms with Gasteiger partial charge in [-0.2, -0.15) is 5.10 Å². The van der Waals surface area contributed by atoms with Crippen LogP contribution in [0.4, 0.5) is 0 Å². The second-order valence-corrected chi connectivity index (χ2v) is 6.24. The molecule has 0 N–H and O–H groups in total. The third-order valence-electron chi connectivity index (χ3n) is 4.25. The minimum Gasteiger partial charge on any atom is -0.239 e. The van der Waals surface area contributed by atoms with Crippen LogP contribution in [0.15, 0.2) is 72.9 Å². The van der Waals surface area contributed by atoms with Crippen LogP contribution in [0, 0.1) is 25.7 Å². The van der Waals surface area contributed by atoms with Crippen LogP contribution in [-0.4, -0.2) is 9.61 Å². The Bertz CT molecular complexity index is 1090. The third kappa shape index (κ3) is 3.05. The Morgan fingerprint density at radius 1 is 0.760 bits per heavy atom. The first-order valence-electron chi connectivity index (χ1n) is 8.34. The largest absolute Gasteiger partial charge is 0.239 e. The second kappa shape index (κ2) is 6.30. The van der Waals surface area contributed by atoms with Crippen molar-refractivity contribution in [1.29, 1.82) is 0 Å². The van der Waals surface area contributed by atoms with Crippen molar-refractivity contribution in [1.82, 2.24) is 9.61 Å². The van der Waals surface area contributed by atoms with Crippen molar-refractivity contribution in [2.24, 2.45) is 0 Å². The summed E-state index contributed by atoms with van der Waals surface area (Å²) in [7, 11) is 0. The summed E-state index contributed by atoms with van der Waals surface area (Å²) in [5.41, 5.74) is 7.48. The minimum absolute atomic E-state index is 0.922. The monoisotopic (exact) mass is 322 g/mol. The molecule has 0 amide bonds. The van der Waals surface area contributed by atoms with Crippen molar-refractivity contribution in [3.05, 3.63) is 95.2 Å². The van der Waals surface area contributed by atoms with E-state index in [1.807, 2.05) is 22.8 Å². The molecule has 2 heterocycles. The highest BCUT2D eigenvalue weighted by atomic mass is 15.2. The molecule has 0 fully saturated rings. The van der Waals surface area contributed by atoms with Crippen molar-refractivity contribution < 1.29 is 0 Å². The fourth-order valence-corrected chi connectivity index (χ4v) is 2.81. The van der Waals surface area contributed by atoms with Gasteiger partial charge in [-0.3, -0.25) is 0 Å². The van der Waals surface area contributed by atoms with Crippen molar-refractivity contribution >= 4 is 5.52 Å². The highest BCUT2D eigenvalue weighted by Gasteiger charge is 2.12. The fourth-order valence-electron chi connectivity index (χ4n) is 2.81. The van der Waals surface area contributed by atoms with Gasteiger partial charge in [0.15, 0.2) is 0 Å². The van der Waals surface area contributed by atoms with E-state index in [1.54, 1.807) is 0 Å². The molecule has 25 heavy (non-hydrogen) atoms. The van der Waals surface area contributed by atoms with Gasteiger partial charge in [-0.1, -0.05) is 65.4 Å². The molecule has 0 aliphatic heterocycles. The van der Waals surface area contributed by atoms with E-state index in [-0.39, 0.29) is 0 Å². The Balaban J connectivity index is 1.88. The van der Waals surface area contributed by atoms with E-state index >= 15 is 0 Å². The lowest BCUT2D eigenvalue weighted by Gasteiger charge is -1.99. The number of hydrogen-bond donors (Lipinski definition) is 0. The minimum atomic E-state index is 0.922. The van der Waals surface area contributed by atoms with Gasteiger partial charge in [-0.25, -0.2) is 4.52 Å². The summed E-state index contributed by atoms with van der Waals surface area (Å²) in [6, 6.07) is 22.8. The average Bonchev–Trinajstić information content (AvgIpc) is 3.00. The molecule has 2 heteroatoms. The quantitative estimate of drug-likeness (QED) is 0.450. The predicted octanol–water partition coefficient (Wildman–Crippen LogP) is 5.02. The van der Waals surface area contributed by atoms with Gasteiger partial charge >= 0.3 is 0 Å². The lowest BCUT2D eigenvalue weighted by molar-refractivity contribution is 0.966. The van der Waals surface area contributed by atoms with Gasteiger partial charge in [0.1, 0.15) is 5.69 Å². The van der Waals surface area contributed by atoms with Crippen LogP contribution < -0.4 is 0 Å². The summed E-state index contributed by atoms with van der Waals surface area (Å²) in [6.45, 7) is 4.17. The Kier molecular flexibility index (Phi) is 3.84. The number of rotatable bonds is 1. The first-order valence-corrected chi connectivity index (χ1v) is 8.34. The maximum atomic E-state index is 4.75. The number of hydrogen-bond acceptors (Lipinski definition) is 1. The van der Waals surface area contributed by atoms with Gasteiger partial charge in [-0.05, 0) is 38.1 Å². The molecule has 2 nitrogen and oxygen atoms in total. The zero-order valence-corrected chi connectivity index (χ0v) is 14.3. The molecule has 0 saturated carbocycles. The van der Waals surface area contributed by atoms with Crippen molar-refractivity contribution in [2.75, 3.05) is 0 Å². The standard InChI is InChI=1S/C23H18N2/c1-17-6-10-19(11-7-17)12-15-21-22-5-3-4-16-25(22)24-23(21)20-13-8-18(2)9-14-20/h3-11,13-14,16H,1-2H3. The van der Waals surface area contributed by atoms with E-state index in [4.69, 9.17) is 5.10 Å². The Hall–Kier alpha value is -3.31. The van der Waals surface area contributed by atoms with E-state index in [1.165, 1.54) is 11.1 Å². The summed E-state index contributed by atoms with van der Waals surface area (Å²) in [5, 5.41) is 4.75. The van der Waals surface area contributed by atoms with E-state index in [0.29, 0.717) is 0 Å². The molecule has 120 valence electrons. The number of benzene rings is 2. The van der Waals surface area contributed by atoms with Crippen LogP contribution in [0.2, 0.25) is 0 Å². The molecular formula is C23H18N2. The zero-order valence-electron chi connectivity index (χ0n) is 14.3. The first-order chi connectivity index (χ1) is 12.2. The number of aryl methyl sites for hydroxylation is 2. The number of nitrogens with zero attached hydrogens (tertiary/aromatic N) is 2. The molecular weight excluding hydrogens is 304 g/mol. The van der Waals surface area contributed by atoms with Gasteiger partial charge in [0.05, 0.1) is 11.1 Å². The van der Waals surface area contributed by atoms with Crippen LogP contribution in [0.5, 0.6) is 0 Å². The highest BCUT2D eigenvalue weighted by molar-refractivity contribution is 5.78. The second-order valence-electron chi connectivity index (χ2n) is 6.24. The molecule has 0 radical (unpaired) electrons. The molecule has 4 aromatic rings. The summed E-state index contributed by atoms with van der Waals surface area (Å²) >= 11 is 0. The molecule has 0 bridgehead atoms. The smallest absolute Gasteiger partial charge is 0.109 e. The number of pyridine rings is 1. The fraction of sp³-hybridized carbons (Fsp3) is 0.0870. The average molecular weight is 322 g/mol. The molecule has 4 rings (SSSR count). The van der Waals surface area contributed by atoms with Crippen LogP contribution in [0.25, 0.3) is 16.8 Å². The number of aromatic nitrogens is 2.